The van der Waals surface area contributed by atoms with Crippen molar-refractivity contribution in [1.29, 1.82) is 5.41 Å². The lowest BCUT2D eigenvalue weighted by Crippen LogP contribution is -2.50. The van der Waals surface area contributed by atoms with Crippen molar-refractivity contribution in [3.05, 3.63) is 35.9 Å². The number of hydrogen-bond acceptors (Lipinski definition) is 4. The fourth-order valence-corrected chi connectivity index (χ4v) is 2.78. The van der Waals surface area contributed by atoms with Crippen LogP contribution < -0.4 is 5.73 Å². The van der Waals surface area contributed by atoms with Crippen LogP contribution in [0.2, 0.25) is 0 Å². The molecule has 0 spiro atoms. The summed E-state index contributed by atoms with van der Waals surface area (Å²) in [6.45, 7) is 3.92. The zero-order valence-corrected chi connectivity index (χ0v) is 11.7. The Morgan fingerprint density at radius 1 is 1.40 bits per heavy atom. The zero-order valence-electron chi connectivity index (χ0n) is 11.7. The van der Waals surface area contributed by atoms with Gasteiger partial charge in [0.05, 0.1) is 5.84 Å². The third-order valence-corrected chi connectivity index (χ3v) is 4.13. The second-order valence-electron chi connectivity index (χ2n) is 5.28. The topological polar surface area (TPSA) is 79.4 Å². The lowest BCUT2D eigenvalue weighted by Gasteiger charge is -2.43. The fraction of sp³-hybridized carbons (Fsp3) is 0.467. The molecule has 0 bridgehead atoms. The number of likely N-dealkylation sites (tertiary alicyclic amines) is 1. The molecule has 0 amide bonds. The molecule has 1 heterocycles. The number of rotatable bonds is 5. The monoisotopic (exact) mass is 275 g/mol. The maximum Gasteiger partial charge on any atom is 0.295 e. The number of carbonyl (C=O) groups is 1. The van der Waals surface area contributed by atoms with Crippen LogP contribution >= 0.6 is 0 Å². The van der Waals surface area contributed by atoms with E-state index in [0.717, 1.165) is 31.5 Å². The average Bonchev–Trinajstić information content (AvgIpc) is 2.48. The minimum atomic E-state index is -0.759. The molecule has 1 aliphatic rings. The molecule has 1 atom stereocenters. The molecule has 0 aliphatic carbocycles. The van der Waals surface area contributed by atoms with Gasteiger partial charge in [-0.15, -0.1) is 0 Å². The highest BCUT2D eigenvalue weighted by Gasteiger charge is 2.38. The van der Waals surface area contributed by atoms with E-state index in [2.05, 4.69) is 4.90 Å². The Morgan fingerprint density at radius 2 is 2.00 bits per heavy atom. The van der Waals surface area contributed by atoms with Crippen molar-refractivity contribution in [1.82, 2.24) is 4.90 Å². The van der Waals surface area contributed by atoms with Crippen LogP contribution in [0.15, 0.2) is 30.3 Å². The molecule has 1 aromatic rings. The molecule has 1 unspecified atom stereocenters. The molecular weight excluding hydrogens is 254 g/mol. The summed E-state index contributed by atoms with van der Waals surface area (Å²) in [4.78, 5) is 13.0. The van der Waals surface area contributed by atoms with Gasteiger partial charge >= 0.3 is 0 Å². The number of piperidine rings is 1. The van der Waals surface area contributed by atoms with Crippen LogP contribution in [0.4, 0.5) is 0 Å². The molecule has 20 heavy (non-hydrogen) atoms. The van der Waals surface area contributed by atoms with Crippen molar-refractivity contribution < 1.29 is 9.53 Å². The number of hydrogen-bond donors (Lipinski definition) is 2. The molecule has 3 N–H and O–H groups in total. The number of nitrogens with one attached hydrogen (secondary N) is 1. The third kappa shape index (κ3) is 2.82. The van der Waals surface area contributed by atoms with Crippen molar-refractivity contribution in [2.75, 3.05) is 13.1 Å². The molecule has 5 heteroatoms. The molecule has 0 radical (unpaired) electrons. The van der Waals surface area contributed by atoms with Gasteiger partial charge in [-0.1, -0.05) is 30.3 Å². The standard InChI is InChI=1S/C15H21N3O2/c1-15(20-11-19,13-5-3-2-4-6-13)18-9-7-12(8-10-18)14(16)17/h2-6,11-12H,7-10H2,1H3,(H3,16,17). The van der Waals surface area contributed by atoms with Crippen molar-refractivity contribution in [2.45, 2.75) is 25.5 Å². The molecule has 108 valence electrons. The van der Waals surface area contributed by atoms with Crippen LogP contribution in [0.5, 0.6) is 0 Å². The molecule has 1 fully saturated rings. The largest absolute Gasteiger partial charge is 0.442 e. The first-order chi connectivity index (χ1) is 9.58. The molecule has 0 saturated carbocycles. The lowest BCUT2D eigenvalue weighted by molar-refractivity contribution is -0.172. The number of amidine groups is 1. The molecule has 5 nitrogen and oxygen atoms in total. The highest BCUT2D eigenvalue weighted by atomic mass is 16.6. The first-order valence-corrected chi connectivity index (χ1v) is 6.84. The summed E-state index contributed by atoms with van der Waals surface area (Å²) in [5.41, 5.74) is 5.76. The average molecular weight is 275 g/mol. The Labute approximate surface area is 119 Å². The maximum atomic E-state index is 10.9. The SMILES string of the molecule is CC(OC=O)(c1ccccc1)N1CCC(C(=N)N)CC1. The number of carbonyl (C=O) groups excluding carboxylic acids is 1. The van der Waals surface area contributed by atoms with E-state index in [1.165, 1.54) is 0 Å². The van der Waals surface area contributed by atoms with E-state index in [-0.39, 0.29) is 11.8 Å². The van der Waals surface area contributed by atoms with E-state index in [4.69, 9.17) is 15.9 Å². The maximum absolute atomic E-state index is 10.9. The van der Waals surface area contributed by atoms with Gasteiger partial charge in [-0.05, 0) is 19.8 Å². The summed E-state index contributed by atoms with van der Waals surface area (Å²) < 4.78 is 5.41. The Bertz CT molecular complexity index is 469. The first-order valence-electron chi connectivity index (χ1n) is 6.84. The van der Waals surface area contributed by atoms with E-state index in [9.17, 15) is 4.79 Å². The van der Waals surface area contributed by atoms with Crippen LogP contribution in [-0.2, 0) is 15.3 Å². The fourth-order valence-electron chi connectivity index (χ4n) is 2.78. The Balaban J connectivity index is 2.18. The first kappa shape index (κ1) is 14.5. The number of benzene rings is 1. The lowest BCUT2D eigenvalue weighted by atomic mass is 9.92. The predicted octanol–water partition coefficient (Wildman–Crippen LogP) is 1.68. The second-order valence-corrected chi connectivity index (χ2v) is 5.28. The van der Waals surface area contributed by atoms with Crippen molar-refractivity contribution >= 4 is 12.3 Å². The zero-order chi connectivity index (χ0) is 14.6. The summed E-state index contributed by atoms with van der Waals surface area (Å²) in [7, 11) is 0. The van der Waals surface area contributed by atoms with Crippen LogP contribution in [0.1, 0.15) is 25.3 Å². The molecule has 0 aromatic heterocycles. The van der Waals surface area contributed by atoms with E-state index < -0.39 is 5.72 Å². The van der Waals surface area contributed by atoms with Crippen LogP contribution in [0.25, 0.3) is 0 Å². The van der Waals surface area contributed by atoms with Crippen molar-refractivity contribution in [2.24, 2.45) is 11.7 Å². The number of nitrogens with zero attached hydrogens (tertiary/aromatic N) is 1. The van der Waals surface area contributed by atoms with Gasteiger partial charge in [0.25, 0.3) is 6.47 Å². The van der Waals surface area contributed by atoms with Crippen molar-refractivity contribution in [3.8, 4) is 0 Å². The molecule has 2 rings (SSSR count). The quantitative estimate of drug-likeness (QED) is 0.487. The van der Waals surface area contributed by atoms with Crippen LogP contribution in [-0.4, -0.2) is 30.3 Å². The van der Waals surface area contributed by atoms with Gasteiger partial charge in [-0.25, -0.2) is 0 Å². The van der Waals surface area contributed by atoms with Gasteiger partial charge in [0.15, 0.2) is 5.72 Å². The molecule has 1 aliphatic heterocycles. The van der Waals surface area contributed by atoms with Gasteiger partial charge in [0.1, 0.15) is 0 Å². The Morgan fingerprint density at radius 3 is 2.50 bits per heavy atom. The summed E-state index contributed by atoms with van der Waals surface area (Å²) in [6, 6.07) is 9.72. The van der Waals surface area contributed by atoms with Crippen molar-refractivity contribution in [3.63, 3.8) is 0 Å². The predicted molar refractivity (Wildman–Crippen MR) is 77.2 cm³/mol. The Kier molecular flexibility index (Phi) is 4.39. The van der Waals surface area contributed by atoms with E-state index in [1.54, 1.807) is 0 Å². The minimum absolute atomic E-state index is 0.141. The highest BCUT2D eigenvalue weighted by Crippen LogP contribution is 2.32. The van der Waals surface area contributed by atoms with Gasteiger partial charge in [0, 0.05) is 24.6 Å². The minimum Gasteiger partial charge on any atom is -0.442 e. The van der Waals surface area contributed by atoms with Gasteiger partial charge in [0.2, 0.25) is 0 Å². The van der Waals surface area contributed by atoms with E-state index >= 15 is 0 Å². The summed E-state index contributed by atoms with van der Waals surface area (Å²) in [6.07, 6.45) is 1.64. The third-order valence-electron chi connectivity index (χ3n) is 4.13. The van der Waals surface area contributed by atoms with E-state index in [1.807, 2.05) is 37.3 Å². The summed E-state index contributed by atoms with van der Waals surface area (Å²) in [5.74, 6) is 0.393. The summed E-state index contributed by atoms with van der Waals surface area (Å²) >= 11 is 0. The van der Waals surface area contributed by atoms with Crippen LogP contribution in [0.3, 0.4) is 0 Å². The van der Waals surface area contributed by atoms with E-state index in [0.29, 0.717) is 6.47 Å². The number of nitrogens with two attached hydrogens (primary N) is 1. The van der Waals surface area contributed by atoms with Crippen LogP contribution in [0, 0.1) is 11.3 Å². The van der Waals surface area contributed by atoms with Gasteiger partial charge in [-0.2, -0.15) is 0 Å². The molecule has 1 aromatic carbocycles. The van der Waals surface area contributed by atoms with Gasteiger partial charge < -0.3 is 10.5 Å². The molecule has 1 saturated heterocycles. The second kappa shape index (κ2) is 6.05. The smallest absolute Gasteiger partial charge is 0.295 e. The van der Waals surface area contributed by atoms with Gasteiger partial charge in [-0.3, -0.25) is 15.1 Å². The number of ether oxygens (including phenoxy) is 1. The normalized spacial score (nSPS) is 20.1. The Hall–Kier alpha value is -1.88. The summed E-state index contributed by atoms with van der Waals surface area (Å²) in [5, 5.41) is 7.53. The highest BCUT2D eigenvalue weighted by molar-refractivity contribution is 5.79. The molecular formula is C15H21N3O2.